The second-order valence-electron chi connectivity index (χ2n) is 7.28. The zero-order valence-corrected chi connectivity index (χ0v) is 17.7. The number of allylic oxidation sites excluding steroid dienone is 1. The molecule has 11 heteroatoms. The van der Waals surface area contributed by atoms with E-state index >= 15 is 0 Å². The lowest BCUT2D eigenvalue weighted by Crippen LogP contribution is -2.32. The third-order valence-electron chi connectivity index (χ3n) is 3.29. The number of amides is 2. The minimum Gasteiger partial charge on any atom is -0.444 e. The van der Waals surface area contributed by atoms with Gasteiger partial charge < -0.3 is 15.8 Å². The van der Waals surface area contributed by atoms with Crippen molar-refractivity contribution >= 4 is 29.6 Å². The third-order valence-corrected chi connectivity index (χ3v) is 3.29. The standard InChI is InChI=1S/C20H26F3N5O3/c1-5-9-26-28-17(29)15(11-16(24)20(21,22)23)27-14-8-6-7-13(10-14)12-25-18(30)31-19(2,3)4/h6-11H,5,12,24H2,1-4H3,(H,25,30)(H,28,29)/b16-11?,26-9-,27-15?. The van der Waals surface area contributed by atoms with Crippen molar-refractivity contribution in [3.05, 3.63) is 41.6 Å². The van der Waals surface area contributed by atoms with Gasteiger partial charge in [-0.2, -0.15) is 18.3 Å². The van der Waals surface area contributed by atoms with Crippen LogP contribution < -0.4 is 16.5 Å². The Morgan fingerprint density at radius 1 is 1.23 bits per heavy atom. The highest BCUT2D eigenvalue weighted by Gasteiger charge is 2.32. The van der Waals surface area contributed by atoms with Crippen LogP contribution in [0.1, 0.15) is 39.7 Å². The molecule has 0 aliphatic carbocycles. The van der Waals surface area contributed by atoms with Crippen LogP contribution >= 0.6 is 0 Å². The van der Waals surface area contributed by atoms with E-state index in [1.165, 1.54) is 18.3 Å². The van der Waals surface area contributed by atoms with Crippen molar-refractivity contribution in [2.24, 2.45) is 15.8 Å². The van der Waals surface area contributed by atoms with Gasteiger partial charge in [0.2, 0.25) is 0 Å². The zero-order valence-electron chi connectivity index (χ0n) is 17.7. The average Bonchev–Trinajstić information content (AvgIpc) is 2.64. The first-order valence-corrected chi connectivity index (χ1v) is 9.32. The topological polar surface area (TPSA) is 118 Å². The second-order valence-corrected chi connectivity index (χ2v) is 7.28. The van der Waals surface area contributed by atoms with Gasteiger partial charge in [0.15, 0.2) is 0 Å². The molecule has 1 rings (SSSR count). The van der Waals surface area contributed by atoms with E-state index < -0.39 is 35.2 Å². The lowest BCUT2D eigenvalue weighted by atomic mass is 10.2. The van der Waals surface area contributed by atoms with Crippen molar-refractivity contribution in [2.45, 2.75) is 52.4 Å². The van der Waals surface area contributed by atoms with Crippen LogP contribution in [0, 0.1) is 0 Å². The predicted octanol–water partition coefficient (Wildman–Crippen LogP) is 3.70. The van der Waals surface area contributed by atoms with E-state index in [-0.39, 0.29) is 12.2 Å². The van der Waals surface area contributed by atoms with Crippen molar-refractivity contribution in [3.63, 3.8) is 0 Å². The number of hydrogen-bond donors (Lipinski definition) is 3. The number of alkyl carbamates (subject to hydrolysis) is 1. The fourth-order valence-electron chi connectivity index (χ4n) is 1.99. The Bertz CT molecular complexity index is 872. The number of hydrogen-bond acceptors (Lipinski definition) is 6. The molecule has 0 unspecified atom stereocenters. The number of hydrazone groups is 1. The van der Waals surface area contributed by atoms with Gasteiger partial charge >= 0.3 is 12.3 Å². The second kappa shape index (κ2) is 11.1. The van der Waals surface area contributed by atoms with Crippen molar-refractivity contribution in [1.82, 2.24) is 10.7 Å². The highest BCUT2D eigenvalue weighted by atomic mass is 19.4. The van der Waals surface area contributed by atoms with Crippen LogP contribution in [0.4, 0.5) is 23.7 Å². The molecule has 1 aromatic rings. The van der Waals surface area contributed by atoms with Gasteiger partial charge in [-0.15, -0.1) is 0 Å². The highest BCUT2D eigenvalue weighted by molar-refractivity contribution is 6.43. The summed E-state index contributed by atoms with van der Waals surface area (Å²) in [5.41, 5.74) is 5.17. The summed E-state index contributed by atoms with van der Waals surface area (Å²) in [6.45, 7) is 7.02. The molecule has 0 radical (unpaired) electrons. The SMILES string of the molecule is CC/C=N\NC(=O)C(C=C(N)C(F)(F)F)=Nc1cccc(CNC(=O)OC(C)(C)C)c1. The van der Waals surface area contributed by atoms with Crippen LogP contribution in [-0.2, 0) is 16.1 Å². The first kappa shape index (κ1) is 25.7. The average molecular weight is 441 g/mol. The molecule has 0 aromatic heterocycles. The van der Waals surface area contributed by atoms with E-state index in [0.29, 0.717) is 18.1 Å². The number of aliphatic imine (C=N–C) groups is 1. The van der Waals surface area contributed by atoms with Crippen molar-refractivity contribution in [1.29, 1.82) is 0 Å². The van der Waals surface area contributed by atoms with Gasteiger partial charge in [-0.25, -0.2) is 15.2 Å². The summed E-state index contributed by atoms with van der Waals surface area (Å²) in [6.07, 6.45) is -3.14. The summed E-state index contributed by atoms with van der Waals surface area (Å²) in [4.78, 5) is 28.0. The lowest BCUT2D eigenvalue weighted by Gasteiger charge is -2.19. The Morgan fingerprint density at radius 2 is 1.90 bits per heavy atom. The summed E-state index contributed by atoms with van der Waals surface area (Å²) < 4.78 is 43.6. The molecule has 0 heterocycles. The minimum atomic E-state index is -4.83. The Balaban J connectivity index is 3.11. The van der Waals surface area contributed by atoms with Gasteiger partial charge in [0.05, 0.1) is 5.69 Å². The largest absolute Gasteiger partial charge is 0.444 e. The first-order chi connectivity index (χ1) is 14.3. The van der Waals surface area contributed by atoms with Crippen molar-refractivity contribution in [2.75, 3.05) is 0 Å². The highest BCUT2D eigenvalue weighted by Crippen LogP contribution is 2.22. The molecule has 0 spiro atoms. The van der Waals surface area contributed by atoms with Gasteiger partial charge in [0, 0.05) is 12.8 Å². The number of ether oxygens (including phenoxy) is 1. The summed E-state index contributed by atoms with van der Waals surface area (Å²) in [5, 5.41) is 6.16. The van der Waals surface area contributed by atoms with Crippen LogP contribution in [0.25, 0.3) is 0 Å². The van der Waals surface area contributed by atoms with E-state index in [0.717, 1.165) is 0 Å². The number of carbonyl (C=O) groups is 2. The molecular formula is C20H26F3N5O3. The quantitative estimate of drug-likeness (QED) is 0.442. The molecule has 0 aliphatic rings. The first-order valence-electron chi connectivity index (χ1n) is 9.32. The van der Waals surface area contributed by atoms with Gasteiger partial charge in [0.1, 0.15) is 17.0 Å². The Hall–Kier alpha value is -3.37. The molecule has 0 atom stereocenters. The third kappa shape index (κ3) is 10.3. The van der Waals surface area contributed by atoms with E-state index in [2.05, 4.69) is 20.8 Å². The smallest absolute Gasteiger partial charge is 0.430 e. The van der Waals surface area contributed by atoms with E-state index in [1.807, 2.05) is 0 Å². The zero-order chi connectivity index (χ0) is 23.7. The Morgan fingerprint density at radius 3 is 2.48 bits per heavy atom. The molecule has 170 valence electrons. The Labute approximate surface area is 178 Å². The van der Waals surface area contributed by atoms with Crippen LogP contribution in [0.15, 0.2) is 46.1 Å². The monoisotopic (exact) mass is 441 g/mol. The molecule has 0 saturated heterocycles. The molecule has 0 aliphatic heterocycles. The Kier molecular flexibility index (Phi) is 9.22. The number of carbonyl (C=O) groups excluding carboxylic acids is 2. The fraction of sp³-hybridized carbons (Fsp3) is 0.400. The molecule has 0 saturated carbocycles. The fourth-order valence-corrected chi connectivity index (χ4v) is 1.99. The molecule has 0 bridgehead atoms. The molecule has 4 N–H and O–H groups in total. The summed E-state index contributed by atoms with van der Waals surface area (Å²) in [7, 11) is 0. The van der Waals surface area contributed by atoms with Crippen molar-refractivity contribution < 1.29 is 27.5 Å². The molecule has 31 heavy (non-hydrogen) atoms. The summed E-state index contributed by atoms with van der Waals surface area (Å²) in [5.74, 6) is -0.964. The van der Waals surface area contributed by atoms with E-state index in [9.17, 15) is 22.8 Å². The number of nitrogens with zero attached hydrogens (tertiary/aromatic N) is 2. The number of benzene rings is 1. The van der Waals surface area contributed by atoms with Crippen LogP contribution in [0.5, 0.6) is 0 Å². The molecule has 1 aromatic carbocycles. The van der Waals surface area contributed by atoms with Crippen LogP contribution in [0.3, 0.4) is 0 Å². The maximum absolute atomic E-state index is 12.8. The molecular weight excluding hydrogens is 415 g/mol. The maximum atomic E-state index is 12.8. The van der Waals surface area contributed by atoms with E-state index in [4.69, 9.17) is 10.5 Å². The summed E-state index contributed by atoms with van der Waals surface area (Å²) in [6, 6.07) is 6.23. The number of nitrogens with two attached hydrogens (primary N) is 1. The number of nitrogens with one attached hydrogen (secondary N) is 2. The number of rotatable bonds is 7. The molecule has 2 amide bonds. The lowest BCUT2D eigenvalue weighted by molar-refractivity contribution is -0.114. The molecule has 0 fully saturated rings. The van der Waals surface area contributed by atoms with Crippen molar-refractivity contribution in [3.8, 4) is 0 Å². The van der Waals surface area contributed by atoms with Gasteiger partial charge in [-0.05, 0) is 51.0 Å². The van der Waals surface area contributed by atoms with Crippen LogP contribution in [-0.4, -0.2) is 35.7 Å². The van der Waals surface area contributed by atoms with E-state index in [1.54, 1.807) is 39.8 Å². The number of alkyl halides is 3. The predicted molar refractivity (Wildman–Crippen MR) is 112 cm³/mol. The maximum Gasteiger partial charge on any atom is 0.430 e. The minimum absolute atomic E-state index is 0.0845. The number of halogens is 3. The van der Waals surface area contributed by atoms with Gasteiger partial charge in [-0.1, -0.05) is 19.1 Å². The van der Waals surface area contributed by atoms with Gasteiger partial charge in [-0.3, -0.25) is 4.79 Å². The summed E-state index contributed by atoms with van der Waals surface area (Å²) >= 11 is 0. The normalized spacial score (nSPS) is 13.3. The molecule has 8 nitrogen and oxygen atoms in total. The van der Waals surface area contributed by atoms with Gasteiger partial charge in [0.25, 0.3) is 5.91 Å². The van der Waals surface area contributed by atoms with Crippen LogP contribution in [0.2, 0.25) is 0 Å².